The topological polar surface area (TPSA) is 84.7 Å². The fourth-order valence-corrected chi connectivity index (χ4v) is 3.02. The van der Waals surface area contributed by atoms with E-state index in [0.717, 1.165) is 47.1 Å². The number of nitrogens with zero attached hydrogens (tertiary/aromatic N) is 4. The highest BCUT2D eigenvalue weighted by atomic mass is 32.2. The van der Waals surface area contributed by atoms with Crippen LogP contribution in [-0.4, -0.2) is 44.5 Å². The first-order valence-corrected chi connectivity index (χ1v) is 10.4. The fraction of sp³-hybridized carbons (Fsp3) is 0.667. The highest BCUT2D eigenvalue weighted by molar-refractivity contribution is 7.99. The molecule has 144 valence electrons. The molecule has 2 heterocycles. The molecule has 0 fully saturated rings. The molecule has 2 N–H and O–H groups in total. The summed E-state index contributed by atoms with van der Waals surface area (Å²) in [6.45, 7) is 10.5. The van der Waals surface area contributed by atoms with E-state index in [1.54, 1.807) is 18.0 Å². The summed E-state index contributed by atoms with van der Waals surface area (Å²) in [5.41, 5.74) is 0.810. The van der Waals surface area contributed by atoms with Gasteiger partial charge in [0.25, 0.3) is 0 Å². The first-order valence-electron chi connectivity index (χ1n) is 9.42. The molecule has 0 aliphatic heterocycles. The van der Waals surface area contributed by atoms with Gasteiger partial charge in [0.2, 0.25) is 5.91 Å². The van der Waals surface area contributed by atoms with E-state index in [1.165, 1.54) is 0 Å². The molecule has 1 amide bonds. The number of anilines is 1. The number of unbranched alkanes of at least 4 members (excludes halogenated alkanes) is 1. The summed E-state index contributed by atoms with van der Waals surface area (Å²) in [5.74, 6) is 2.37. The van der Waals surface area contributed by atoms with Crippen molar-refractivity contribution in [2.24, 2.45) is 5.92 Å². The number of hydrogen-bond donors (Lipinski definition) is 2. The molecule has 2 aromatic rings. The van der Waals surface area contributed by atoms with Gasteiger partial charge >= 0.3 is 0 Å². The maximum Gasteiger partial charge on any atom is 0.220 e. The summed E-state index contributed by atoms with van der Waals surface area (Å²) in [7, 11) is 0. The lowest BCUT2D eigenvalue weighted by Crippen LogP contribution is -2.27. The molecule has 0 spiro atoms. The Morgan fingerprint density at radius 1 is 1.31 bits per heavy atom. The minimum absolute atomic E-state index is 0.0967. The molecule has 0 unspecified atom stereocenters. The highest BCUT2D eigenvalue weighted by Gasteiger charge is 2.13. The third-order valence-corrected chi connectivity index (χ3v) is 4.56. The summed E-state index contributed by atoms with van der Waals surface area (Å²) >= 11 is 1.62. The SMILES string of the molecule is CCCCC(=O)NCCn1ncc2c(NCC(C)C)nc(SCC)nc21. The van der Waals surface area contributed by atoms with Crippen LogP contribution < -0.4 is 10.6 Å². The van der Waals surface area contributed by atoms with Crippen LogP contribution in [0.15, 0.2) is 11.4 Å². The zero-order valence-electron chi connectivity index (χ0n) is 16.2. The van der Waals surface area contributed by atoms with Crippen molar-refractivity contribution in [3.8, 4) is 0 Å². The van der Waals surface area contributed by atoms with Crippen LogP contribution in [0.3, 0.4) is 0 Å². The standard InChI is InChI=1S/C18H30N6OS/c1-5-7-8-15(25)19-9-10-24-17-14(12-21-24)16(20-11-13(3)4)22-18(23-17)26-6-2/h12-13H,5-11H2,1-4H3,(H,19,25)(H,20,22,23). The van der Waals surface area contributed by atoms with Gasteiger partial charge in [-0.1, -0.05) is 45.9 Å². The van der Waals surface area contributed by atoms with Gasteiger partial charge in [-0.25, -0.2) is 14.6 Å². The van der Waals surface area contributed by atoms with Crippen molar-refractivity contribution < 1.29 is 4.79 Å². The Labute approximate surface area is 159 Å². The van der Waals surface area contributed by atoms with Crippen molar-refractivity contribution in [1.29, 1.82) is 0 Å². The average Bonchev–Trinajstić information content (AvgIpc) is 3.01. The summed E-state index contributed by atoms with van der Waals surface area (Å²) in [5, 5.41) is 12.5. The molecule has 0 atom stereocenters. The number of amides is 1. The Morgan fingerprint density at radius 3 is 2.81 bits per heavy atom. The highest BCUT2D eigenvalue weighted by Crippen LogP contribution is 2.24. The Hall–Kier alpha value is -1.83. The third-order valence-electron chi connectivity index (χ3n) is 3.83. The molecule has 0 aliphatic rings. The minimum atomic E-state index is 0.0967. The van der Waals surface area contributed by atoms with E-state index in [4.69, 9.17) is 0 Å². The molecular weight excluding hydrogens is 348 g/mol. The largest absolute Gasteiger partial charge is 0.369 e. The molecule has 2 aromatic heterocycles. The maximum atomic E-state index is 11.8. The first kappa shape index (κ1) is 20.5. The number of rotatable bonds is 11. The van der Waals surface area contributed by atoms with Crippen LogP contribution in [0.1, 0.15) is 47.0 Å². The van der Waals surface area contributed by atoms with E-state index < -0.39 is 0 Å². The predicted molar refractivity (Wildman–Crippen MR) is 108 cm³/mol. The fourth-order valence-electron chi connectivity index (χ4n) is 2.46. The molecule has 0 bridgehead atoms. The van der Waals surface area contributed by atoms with Gasteiger partial charge in [0, 0.05) is 19.5 Å². The number of fused-ring (bicyclic) bond motifs is 1. The normalized spacial score (nSPS) is 11.3. The second kappa shape index (κ2) is 10.4. The quantitative estimate of drug-likeness (QED) is 0.461. The van der Waals surface area contributed by atoms with Gasteiger partial charge in [-0.3, -0.25) is 4.79 Å². The summed E-state index contributed by atoms with van der Waals surface area (Å²) < 4.78 is 1.84. The van der Waals surface area contributed by atoms with E-state index >= 15 is 0 Å². The van der Waals surface area contributed by atoms with Gasteiger partial charge in [0.05, 0.1) is 18.1 Å². The summed E-state index contributed by atoms with van der Waals surface area (Å²) in [6, 6.07) is 0. The molecule has 7 nitrogen and oxygen atoms in total. The number of carbonyl (C=O) groups excluding carboxylic acids is 1. The van der Waals surface area contributed by atoms with Crippen LogP contribution >= 0.6 is 11.8 Å². The van der Waals surface area contributed by atoms with Crippen molar-refractivity contribution in [1.82, 2.24) is 25.1 Å². The van der Waals surface area contributed by atoms with E-state index in [9.17, 15) is 4.79 Å². The number of carbonyl (C=O) groups is 1. The van der Waals surface area contributed by atoms with Crippen LogP contribution in [0.5, 0.6) is 0 Å². The zero-order valence-corrected chi connectivity index (χ0v) is 17.0. The third kappa shape index (κ3) is 5.86. The van der Waals surface area contributed by atoms with Crippen LogP contribution in [0, 0.1) is 5.92 Å². The molecular formula is C18H30N6OS. The van der Waals surface area contributed by atoms with Gasteiger partial charge in [-0.2, -0.15) is 5.10 Å². The van der Waals surface area contributed by atoms with Gasteiger partial charge < -0.3 is 10.6 Å². The van der Waals surface area contributed by atoms with Gasteiger partial charge in [0.1, 0.15) is 5.82 Å². The number of thioether (sulfide) groups is 1. The Balaban J connectivity index is 2.13. The molecule has 8 heteroatoms. The Morgan fingerprint density at radius 2 is 2.12 bits per heavy atom. The molecule has 2 rings (SSSR count). The number of aromatic nitrogens is 4. The summed E-state index contributed by atoms with van der Waals surface area (Å²) in [6.07, 6.45) is 4.33. The molecule has 0 saturated carbocycles. The van der Waals surface area contributed by atoms with Crippen molar-refractivity contribution in [3.05, 3.63) is 6.20 Å². The van der Waals surface area contributed by atoms with Crippen LogP contribution in [-0.2, 0) is 11.3 Å². The molecule has 0 radical (unpaired) electrons. The van der Waals surface area contributed by atoms with Crippen LogP contribution in [0.25, 0.3) is 11.0 Å². The number of nitrogens with one attached hydrogen (secondary N) is 2. The molecule has 26 heavy (non-hydrogen) atoms. The van der Waals surface area contributed by atoms with Crippen LogP contribution in [0.4, 0.5) is 5.82 Å². The van der Waals surface area contributed by atoms with Crippen LogP contribution in [0.2, 0.25) is 0 Å². The Kier molecular flexibility index (Phi) is 8.15. The molecule has 0 aliphatic carbocycles. The molecule has 0 saturated heterocycles. The van der Waals surface area contributed by atoms with Crippen molar-refractivity contribution in [2.45, 2.75) is 58.7 Å². The van der Waals surface area contributed by atoms with Gasteiger partial charge in [-0.05, 0) is 18.1 Å². The van der Waals surface area contributed by atoms with E-state index in [1.807, 2.05) is 4.68 Å². The lowest BCUT2D eigenvalue weighted by Gasteiger charge is -2.11. The monoisotopic (exact) mass is 378 g/mol. The zero-order chi connectivity index (χ0) is 18.9. The van der Waals surface area contributed by atoms with E-state index in [-0.39, 0.29) is 5.91 Å². The van der Waals surface area contributed by atoms with E-state index in [2.05, 4.69) is 53.4 Å². The van der Waals surface area contributed by atoms with Crippen molar-refractivity contribution in [2.75, 3.05) is 24.2 Å². The second-order valence-corrected chi connectivity index (χ2v) is 7.85. The lowest BCUT2D eigenvalue weighted by molar-refractivity contribution is -0.121. The Bertz CT molecular complexity index is 715. The molecule has 0 aromatic carbocycles. The predicted octanol–water partition coefficient (Wildman–Crippen LogP) is 3.31. The van der Waals surface area contributed by atoms with E-state index in [0.29, 0.717) is 25.4 Å². The minimum Gasteiger partial charge on any atom is -0.369 e. The second-order valence-electron chi connectivity index (χ2n) is 6.62. The van der Waals surface area contributed by atoms with Gasteiger partial charge in [-0.15, -0.1) is 0 Å². The first-order chi connectivity index (χ1) is 12.5. The average molecular weight is 379 g/mol. The maximum absolute atomic E-state index is 11.8. The van der Waals surface area contributed by atoms with Crippen molar-refractivity contribution in [3.63, 3.8) is 0 Å². The number of hydrogen-bond acceptors (Lipinski definition) is 6. The smallest absolute Gasteiger partial charge is 0.220 e. The lowest BCUT2D eigenvalue weighted by atomic mass is 10.2. The summed E-state index contributed by atoms with van der Waals surface area (Å²) in [4.78, 5) is 21.1. The van der Waals surface area contributed by atoms with Crippen molar-refractivity contribution >= 4 is 34.5 Å². The van der Waals surface area contributed by atoms with Gasteiger partial charge in [0.15, 0.2) is 10.8 Å².